The number of methoxy groups -OCH3 is 1. The van der Waals surface area contributed by atoms with E-state index in [0.29, 0.717) is 31.9 Å². The van der Waals surface area contributed by atoms with E-state index in [-0.39, 0.29) is 5.91 Å². The molecule has 0 aliphatic carbocycles. The summed E-state index contributed by atoms with van der Waals surface area (Å²) < 4.78 is 10.2. The molecule has 0 aliphatic rings. The molecule has 0 bridgehead atoms. The molecule has 3 aromatic rings. The quantitative estimate of drug-likeness (QED) is 0.532. The van der Waals surface area contributed by atoms with Gasteiger partial charge in [0.05, 0.1) is 30.5 Å². The Hall–Kier alpha value is -2.61. The van der Waals surface area contributed by atoms with Crippen LogP contribution in [-0.2, 0) is 15.9 Å². The zero-order chi connectivity index (χ0) is 19.6. The van der Waals surface area contributed by atoms with Gasteiger partial charge < -0.3 is 14.8 Å². The van der Waals surface area contributed by atoms with E-state index >= 15 is 0 Å². The van der Waals surface area contributed by atoms with Crippen molar-refractivity contribution in [3.05, 3.63) is 70.3 Å². The summed E-state index contributed by atoms with van der Waals surface area (Å²) in [7, 11) is 1.63. The van der Waals surface area contributed by atoms with Crippen molar-refractivity contribution in [1.82, 2.24) is 15.3 Å². The van der Waals surface area contributed by atoms with Crippen molar-refractivity contribution in [2.45, 2.75) is 6.42 Å². The first-order valence-corrected chi connectivity index (χ1v) is 9.94. The number of thiazole rings is 1. The van der Waals surface area contributed by atoms with Crippen LogP contribution < -0.4 is 5.32 Å². The second-order valence-electron chi connectivity index (χ2n) is 6.06. The Morgan fingerprint density at radius 1 is 1.11 bits per heavy atom. The van der Waals surface area contributed by atoms with Crippen LogP contribution in [0.5, 0.6) is 0 Å². The molecule has 1 aromatic carbocycles. The van der Waals surface area contributed by atoms with Crippen molar-refractivity contribution in [2.24, 2.45) is 0 Å². The SMILES string of the molecule is COCCOCCNC(=O)c1ccc(-c2csc(Cc3ccccn3)n2)cc1. The molecular formula is C21H23N3O3S. The number of nitrogens with zero attached hydrogens (tertiary/aromatic N) is 2. The molecule has 0 saturated carbocycles. The molecule has 0 atom stereocenters. The summed E-state index contributed by atoms with van der Waals surface area (Å²) in [6.45, 7) is 2.00. The molecule has 0 saturated heterocycles. The maximum Gasteiger partial charge on any atom is 0.251 e. The Kier molecular flexibility index (Phi) is 7.66. The third-order valence-electron chi connectivity index (χ3n) is 4.02. The number of pyridine rings is 1. The number of benzene rings is 1. The highest BCUT2D eigenvalue weighted by atomic mass is 32.1. The van der Waals surface area contributed by atoms with E-state index in [0.717, 1.165) is 28.4 Å². The summed E-state index contributed by atoms with van der Waals surface area (Å²) in [5.74, 6) is -0.115. The number of amides is 1. The molecule has 146 valence electrons. The van der Waals surface area contributed by atoms with Gasteiger partial charge in [0.2, 0.25) is 0 Å². The molecule has 28 heavy (non-hydrogen) atoms. The third-order valence-corrected chi connectivity index (χ3v) is 4.87. The molecule has 2 aromatic heterocycles. The van der Waals surface area contributed by atoms with Crippen molar-refractivity contribution in [3.8, 4) is 11.3 Å². The maximum absolute atomic E-state index is 12.2. The molecule has 0 aliphatic heterocycles. The van der Waals surface area contributed by atoms with Crippen molar-refractivity contribution in [3.63, 3.8) is 0 Å². The van der Waals surface area contributed by atoms with Crippen LogP contribution in [0.3, 0.4) is 0 Å². The highest BCUT2D eigenvalue weighted by molar-refractivity contribution is 7.10. The minimum Gasteiger partial charge on any atom is -0.382 e. The van der Waals surface area contributed by atoms with Crippen molar-refractivity contribution >= 4 is 17.2 Å². The molecule has 6 nitrogen and oxygen atoms in total. The molecule has 3 rings (SSSR count). The van der Waals surface area contributed by atoms with Crippen LogP contribution in [0.25, 0.3) is 11.3 Å². The van der Waals surface area contributed by atoms with Gasteiger partial charge >= 0.3 is 0 Å². The average Bonchev–Trinajstić information content (AvgIpc) is 3.20. The second kappa shape index (κ2) is 10.7. The maximum atomic E-state index is 12.2. The van der Waals surface area contributed by atoms with Gasteiger partial charge in [-0.15, -0.1) is 11.3 Å². The third kappa shape index (κ3) is 5.95. The molecule has 0 spiro atoms. The van der Waals surface area contributed by atoms with Gasteiger partial charge in [0.15, 0.2) is 0 Å². The summed E-state index contributed by atoms with van der Waals surface area (Å²) in [6.07, 6.45) is 2.51. The van der Waals surface area contributed by atoms with Crippen LogP contribution in [0.2, 0.25) is 0 Å². The van der Waals surface area contributed by atoms with Crippen LogP contribution in [0.1, 0.15) is 21.1 Å². The van der Waals surface area contributed by atoms with Gasteiger partial charge in [-0.05, 0) is 24.3 Å². The summed E-state index contributed by atoms with van der Waals surface area (Å²) in [4.78, 5) is 21.2. The van der Waals surface area contributed by atoms with Gasteiger partial charge in [-0.25, -0.2) is 4.98 Å². The van der Waals surface area contributed by atoms with E-state index < -0.39 is 0 Å². The Morgan fingerprint density at radius 2 is 1.96 bits per heavy atom. The number of hydrogen-bond acceptors (Lipinski definition) is 6. The van der Waals surface area contributed by atoms with E-state index in [2.05, 4.69) is 15.3 Å². The minimum absolute atomic E-state index is 0.115. The summed E-state index contributed by atoms with van der Waals surface area (Å²) in [5, 5.41) is 5.89. The lowest BCUT2D eigenvalue weighted by atomic mass is 10.1. The first-order valence-electron chi connectivity index (χ1n) is 9.06. The molecule has 1 amide bonds. The highest BCUT2D eigenvalue weighted by Crippen LogP contribution is 2.23. The standard InChI is InChI=1S/C21H23N3O3S/c1-26-12-13-27-11-10-23-21(25)17-7-5-16(6-8-17)19-15-28-20(24-19)14-18-4-2-3-9-22-18/h2-9,15H,10-14H2,1H3,(H,23,25). The van der Waals surface area contributed by atoms with Crippen LogP contribution in [0.4, 0.5) is 0 Å². The summed E-state index contributed by atoms with van der Waals surface area (Å²) in [5.41, 5.74) is 3.52. The van der Waals surface area contributed by atoms with Gasteiger partial charge in [-0.2, -0.15) is 0 Å². The molecule has 0 unspecified atom stereocenters. The fourth-order valence-corrected chi connectivity index (χ4v) is 3.38. The van der Waals surface area contributed by atoms with Gasteiger partial charge in [0.25, 0.3) is 5.91 Å². The number of carbonyl (C=O) groups is 1. The normalized spacial score (nSPS) is 10.8. The van der Waals surface area contributed by atoms with E-state index in [9.17, 15) is 4.79 Å². The largest absolute Gasteiger partial charge is 0.382 e. The molecular weight excluding hydrogens is 374 g/mol. The lowest BCUT2D eigenvalue weighted by molar-refractivity contribution is 0.0692. The van der Waals surface area contributed by atoms with Crippen molar-refractivity contribution in [2.75, 3.05) is 33.5 Å². The number of hydrogen-bond donors (Lipinski definition) is 1. The van der Waals surface area contributed by atoms with Crippen molar-refractivity contribution < 1.29 is 14.3 Å². The lowest BCUT2D eigenvalue weighted by Gasteiger charge is -2.06. The minimum atomic E-state index is -0.115. The Balaban J connectivity index is 1.52. The van der Waals surface area contributed by atoms with Gasteiger partial charge in [-0.1, -0.05) is 18.2 Å². The summed E-state index contributed by atoms with van der Waals surface area (Å²) in [6, 6.07) is 13.3. The number of carbonyl (C=O) groups excluding carboxylic acids is 1. The fourth-order valence-electron chi connectivity index (χ4n) is 2.56. The van der Waals surface area contributed by atoms with Gasteiger partial charge in [-0.3, -0.25) is 9.78 Å². The monoisotopic (exact) mass is 397 g/mol. The van der Waals surface area contributed by atoms with Crippen LogP contribution in [0.15, 0.2) is 54.0 Å². The lowest BCUT2D eigenvalue weighted by Crippen LogP contribution is -2.27. The highest BCUT2D eigenvalue weighted by Gasteiger charge is 2.09. The topological polar surface area (TPSA) is 73.3 Å². The zero-order valence-corrected chi connectivity index (χ0v) is 16.6. The second-order valence-corrected chi connectivity index (χ2v) is 7.01. The Morgan fingerprint density at radius 3 is 2.71 bits per heavy atom. The van der Waals surface area contributed by atoms with E-state index in [4.69, 9.17) is 9.47 Å². The first kappa shape index (κ1) is 20.1. The Labute approximate surface area is 168 Å². The molecule has 1 N–H and O–H groups in total. The Bertz CT molecular complexity index is 866. The van der Waals surface area contributed by atoms with E-state index in [1.807, 2.05) is 47.8 Å². The molecule has 7 heteroatoms. The molecule has 0 fully saturated rings. The van der Waals surface area contributed by atoms with Gasteiger partial charge in [0, 0.05) is 48.5 Å². The van der Waals surface area contributed by atoms with Crippen molar-refractivity contribution in [1.29, 1.82) is 0 Å². The number of ether oxygens (including phenoxy) is 2. The molecule has 2 heterocycles. The first-order chi connectivity index (χ1) is 13.8. The van der Waals surface area contributed by atoms with Gasteiger partial charge in [0.1, 0.15) is 0 Å². The molecule has 0 radical (unpaired) electrons. The predicted molar refractivity (Wildman–Crippen MR) is 110 cm³/mol. The smallest absolute Gasteiger partial charge is 0.251 e. The summed E-state index contributed by atoms with van der Waals surface area (Å²) >= 11 is 1.62. The number of aromatic nitrogens is 2. The number of nitrogens with one attached hydrogen (secondary N) is 1. The van der Waals surface area contributed by atoms with E-state index in [1.165, 1.54) is 0 Å². The zero-order valence-electron chi connectivity index (χ0n) is 15.8. The van der Waals surface area contributed by atoms with E-state index in [1.54, 1.807) is 24.6 Å². The predicted octanol–water partition coefficient (Wildman–Crippen LogP) is 3.19. The average molecular weight is 398 g/mol. The van der Waals surface area contributed by atoms with Crippen LogP contribution >= 0.6 is 11.3 Å². The fraction of sp³-hybridized carbons (Fsp3) is 0.286. The number of rotatable bonds is 10. The van der Waals surface area contributed by atoms with Crippen LogP contribution in [-0.4, -0.2) is 49.4 Å². The van der Waals surface area contributed by atoms with Crippen LogP contribution in [0, 0.1) is 0 Å².